The normalized spacial score (nSPS) is 12.0. The first-order chi connectivity index (χ1) is 8.62. The molecule has 0 saturated heterocycles. The fraction of sp³-hybridized carbons (Fsp3) is 0.467. The Morgan fingerprint density at radius 2 is 2.17 bits per heavy atom. The fourth-order valence-corrected chi connectivity index (χ4v) is 1.56. The lowest BCUT2D eigenvalue weighted by atomic mass is 10.1. The van der Waals surface area contributed by atoms with Gasteiger partial charge in [-0.1, -0.05) is 19.6 Å². The zero-order chi connectivity index (χ0) is 13.5. The van der Waals surface area contributed by atoms with E-state index in [1.54, 1.807) is 7.11 Å². The Labute approximate surface area is 110 Å². The van der Waals surface area contributed by atoms with Gasteiger partial charge in [-0.25, -0.2) is 0 Å². The van der Waals surface area contributed by atoms with Crippen molar-refractivity contribution in [1.82, 2.24) is 5.32 Å². The molecular weight excluding hydrogens is 226 g/mol. The molecule has 1 aromatic carbocycles. The van der Waals surface area contributed by atoms with Crippen molar-refractivity contribution < 1.29 is 9.47 Å². The molecule has 1 aromatic rings. The number of methoxy groups -OCH3 is 1. The smallest absolute Gasteiger partial charge is 0.128 e. The summed E-state index contributed by atoms with van der Waals surface area (Å²) < 4.78 is 11.1. The van der Waals surface area contributed by atoms with Crippen LogP contribution in [0.1, 0.15) is 31.9 Å². The lowest BCUT2D eigenvalue weighted by molar-refractivity contribution is 0.337. The van der Waals surface area contributed by atoms with Crippen LogP contribution in [0.15, 0.2) is 30.4 Å². The maximum absolute atomic E-state index is 5.84. The van der Waals surface area contributed by atoms with Crippen LogP contribution in [0, 0.1) is 0 Å². The maximum atomic E-state index is 5.84. The molecule has 0 radical (unpaired) electrons. The van der Waals surface area contributed by atoms with Gasteiger partial charge in [-0.15, -0.1) is 0 Å². The number of hydrogen-bond acceptors (Lipinski definition) is 3. The van der Waals surface area contributed by atoms with Crippen molar-refractivity contribution in [2.45, 2.75) is 26.3 Å². The van der Waals surface area contributed by atoms with Gasteiger partial charge in [0, 0.05) is 17.7 Å². The molecule has 0 aliphatic rings. The van der Waals surface area contributed by atoms with Crippen molar-refractivity contribution in [2.75, 3.05) is 20.8 Å². The summed E-state index contributed by atoms with van der Waals surface area (Å²) in [6.07, 6.45) is 0.931. The van der Waals surface area contributed by atoms with Crippen molar-refractivity contribution in [3.05, 3.63) is 35.9 Å². The molecule has 0 heterocycles. The van der Waals surface area contributed by atoms with Gasteiger partial charge < -0.3 is 14.8 Å². The second-order valence-electron chi connectivity index (χ2n) is 4.31. The van der Waals surface area contributed by atoms with Gasteiger partial charge in [0.1, 0.15) is 18.1 Å². The molecule has 0 aliphatic carbocycles. The number of ether oxygens (including phenoxy) is 2. The van der Waals surface area contributed by atoms with Gasteiger partial charge >= 0.3 is 0 Å². The monoisotopic (exact) mass is 249 g/mol. The summed E-state index contributed by atoms with van der Waals surface area (Å²) in [6.45, 7) is 8.68. The second kappa shape index (κ2) is 7.07. The number of rotatable bonds is 7. The van der Waals surface area contributed by atoms with Crippen LogP contribution >= 0.6 is 0 Å². The first-order valence-corrected chi connectivity index (χ1v) is 6.27. The molecule has 1 unspecified atom stereocenters. The molecule has 1 atom stereocenters. The molecule has 3 heteroatoms. The highest BCUT2D eigenvalue weighted by molar-refractivity contribution is 5.42. The molecule has 0 spiro atoms. The lowest BCUT2D eigenvalue weighted by Gasteiger charge is -2.17. The SMILES string of the molecule is C=C(CC)COc1cc(OC)ccc1C(C)NC. The van der Waals surface area contributed by atoms with Gasteiger partial charge in [-0.05, 0) is 32.0 Å². The van der Waals surface area contributed by atoms with Crippen LogP contribution < -0.4 is 14.8 Å². The van der Waals surface area contributed by atoms with E-state index < -0.39 is 0 Å². The third kappa shape index (κ3) is 3.77. The molecule has 0 saturated carbocycles. The van der Waals surface area contributed by atoms with E-state index in [0.717, 1.165) is 29.1 Å². The Hall–Kier alpha value is -1.48. The Balaban J connectivity index is 2.92. The van der Waals surface area contributed by atoms with Crippen LogP contribution in [0.4, 0.5) is 0 Å². The number of hydrogen-bond donors (Lipinski definition) is 1. The molecule has 0 amide bonds. The van der Waals surface area contributed by atoms with Crippen LogP contribution in [0.3, 0.4) is 0 Å². The van der Waals surface area contributed by atoms with Gasteiger partial charge in [0.15, 0.2) is 0 Å². The fourth-order valence-electron chi connectivity index (χ4n) is 1.56. The zero-order valence-electron chi connectivity index (χ0n) is 11.7. The molecule has 1 rings (SSSR count). The Kier molecular flexibility index (Phi) is 5.72. The van der Waals surface area contributed by atoms with E-state index in [1.165, 1.54) is 0 Å². The van der Waals surface area contributed by atoms with Crippen molar-refractivity contribution in [1.29, 1.82) is 0 Å². The predicted molar refractivity (Wildman–Crippen MR) is 75.4 cm³/mol. The van der Waals surface area contributed by atoms with Crippen LogP contribution in [-0.2, 0) is 0 Å². The Morgan fingerprint density at radius 1 is 1.44 bits per heavy atom. The standard InChI is InChI=1S/C15H23NO2/c1-6-11(2)10-18-15-9-13(17-5)7-8-14(15)12(3)16-4/h7-9,12,16H,2,6,10H2,1,3-5H3. The molecular formula is C15H23NO2. The summed E-state index contributed by atoms with van der Waals surface area (Å²) in [5.74, 6) is 1.66. The molecule has 0 aliphatic heterocycles. The molecule has 3 nitrogen and oxygen atoms in total. The largest absolute Gasteiger partial charge is 0.497 e. The van der Waals surface area contributed by atoms with Gasteiger partial charge in [-0.2, -0.15) is 0 Å². The molecule has 18 heavy (non-hydrogen) atoms. The minimum absolute atomic E-state index is 0.237. The lowest BCUT2D eigenvalue weighted by Crippen LogP contribution is -2.14. The minimum atomic E-state index is 0.237. The van der Waals surface area contributed by atoms with E-state index in [2.05, 4.69) is 25.7 Å². The van der Waals surface area contributed by atoms with Gasteiger partial charge in [0.25, 0.3) is 0 Å². The second-order valence-corrected chi connectivity index (χ2v) is 4.31. The van der Waals surface area contributed by atoms with E-state index in [-0.39, 0.29) is 6.04 Å². The van der Waals surface area contributed by atoms with Gasteiger partial charge in [-0.3, -0.25) is 0 Å². The third-order valence-corrected chi connectivity index (χ3v) is 3.05. The van der Waals surface area contributed by atoms with E-state index in [0.29, 0.717) is 6.61 Å². The van der Waals surface area contributed by atoms with Crippen molar-refractivity contribution in [2.24, 2.45) is 0 Å². The quantitative estimate of drug-likeness (QED) is 0.752. The average molecular weight is 249 g/mol. The van der Waals surface area contributed by atoms with E-state index in [9.17, 15) is 0 Å². The number of nitrogens with one attached hydrogen (secondary N) is 1. The summed E-state index contributed by atoms with van der Waals surface area (Å²) in [4.78, 5) is 0. The maximum Gasteiger partial charge on any atom is 0.128 e. The summed E-state index contributed by atoms with van der Waals surface area (Å²) in [5.41, 5.74) is 2.21. The van der Waals surface area contributed by atoms with Crippen molar-refractivity contribution >= 4 is 0 Å². The minimum Gasteiger partial charge on any atom is -0.497 e. The topological polar surface area (TPSA) is 30.5 Å². The van der Waals surface area contributed by atoms with E-state index >= 15 is 0 Å². The third-order valence-electron chi connectivity index (χ3n) is 3.05. The van der Waals surface area contributed by atoms with Crippen molar-refractivity contribution in [3.63, 3.8) is 0 Å². The molecule has 100 valence electrons. The first-order valence-electron chi connectivity index (χ1n) is 6.27. The summed E-state index contributed by atoms with van der Waals surface area (Å²) in [5, 5.41) is 3.22. The highest BCUT2D eigenvalue weighted by Crippen LogP contribution is 2.29. The summed E-state index contributed by atoms with van der Waals surface area (Å²) in [7, 11) is 3.59. The molecule has 0 aromatic heterocycles. The molecule has 0 fully saturated rings. The van der Waals surface area contributed by atoms with Crippen molar-refractivity contribution in [3.8, 4) is 11.5 Å². The highest BCUT2D eigenvalue weighted by atomic mass is 16.5. The van der Waals surface area contributed by atoms with Gasteiger partial charge in [0.05, 0.1) is 7.11 Å². The molecule has 0 bridgehead atoms. The van der Waals surface area contributed by atoms with Crippen LogP contribution in [0.25, 0.3) is 0 Å². The van der Waals surface area contributed by atoms with Crippen LogP contribution in [0.5, 0.6) is 11.5 Å². The summed E-state index contributed by atoms with van der Waals surface area (Å²) in [6, 6.07) is 6.14. The summed E-state index contributed by atoms with van der Waals surface area (Å²) >= 11 is 0. The Bertz CT molecular complexity index is 401. The first kappa shape index (κ1) is 14.6. The number of benzene rings is 1. The predicted octanol–water partition coefficient (Wildman–Crippen LogP) is 3.32. The van der Waals surface area contributed by atoms with Crippen LogP contribution in [-0.4, -0.2) is 20.8 Å². The van der Waals surface area contributed by atoms with E-state index in [1.807, 2.05) is 25.2 Å². The van der Waals surface area contributed by atoms with Crippen LogP contribution in [0.2, 0.25) is 0 Å². The highest BCUT2D eigenvalue weighted by Gasteiger charge is 2.11. The average Bonchev–Trinajstić information content (AvgIpc) is 2.43. The Morgan fingerprint density at radius 3 is 2.72 bits per heavy atom. The molecule has 1 N–H and O–H groups in total. The van der Waals surface area contributed by atoms with E-state index in [4.69, 9.17) is 9.47 Å². The zero-order valence-corrected chi connectivity index (χ0v) is 11.7. The van der Waals surface area contributed by atoms with Gasteiger partial charge in [0.2, 0.25) is 0 Å².